The van der Waals surface area contributed by atoms with Crippen LogP contribution in [0.25, 0.3) is 10.8 Å². The zero-order valence-corrected chi connectivity index (χ0v) is 15.9. The number of amides is 1. The molecule has 0 aliphatic rings. The Morgan fingerprint density at radius 2 is 2.20 bits per heavy atom. The number of aromatic nitrogens is 5. The number of thioether (sulfide) groups is 1. The maximum Gasteiger partial charge on any atom is 0.277 e. The van der Waals surface area contributed by atoms with Crippen molar-refractivity contribution >= 4 is 34.8 Å². The van der Waals surface area contributed by atoms with E-state index in [0.717, 1.165) is 15.6 Å². The molecule has 0 fully saturated rings. The van der Waals surface area contributed by atoms with Gasteiger partial charge in [0.25, 0.3) is 11.1 Å². The molecule has 3 aromatic rings. The Hall–Kier alpha value is -2.20. The predicted octanol–water partition coefficient (Wildman–Crippen LogP) is 3.32. The number of rotatable bonds is 6. The Morgan fingerprint density at radius 3 is 2.88 bits per heavy atom. The minimum atomic E-state index is -0.156. The van der Waals surface area contributed by atoms with E-state index in [9.17, 15) is 4.79 Å². The smallest absolute Gasteiger partial charge is 0.277 e. The van der Waals surface area contributed by atoms with Crippen molar-refractivity contribution < 1.29 is 9.21 Å². The van der Waals surface area contributed by atoms with Crippen LogP contribution in [0.2, 0.25) is 0 Å². The van der Waals surface area contributed by atoms with Gasteiger partial charge in [-0.25, -0.2) is 9.67 Å². The van der Waals surface area contributed by atoms with Crippen LogP contribution in [0.5, 0.6) is 0 Å². The molecule has 0 saturated heterocycles. The highest BCUT2D eigenvalue weighted by molar-refractivity contribution is 7.99. The second-order valence-corrected chi connectivity index (χ2v) is 7.74. The average molecular weight is 378 g/mol. The number of nitrogens with zero attached hydrogens (tertiary/aromatic N) is 5. The molecule has 0 aliphatic carbocycles. The number of aryl methyl sites for hydroxylation is 2. The first-order valence-corrected chi connectivity index (χ1v) is 9.48. The van der Waals surface area contributed by atoms with Crippen molar-refractivity contribution in [1.82, 2.24) is 25.0 Å². The molecule has 0 bridgehead atoms. The van der Waals surface area contributed by atoms with Gasteiger partial charge in [-0.05, 0) is 27.7 Å². The minimum Gasteiger partial charge on any atom is -0.410 e. The first-order valence-electron chi connectivity index (χ1n) is 7.68. The standard InChI is InChI=1S/C15H18N6O2S2/c1-8(2)21-11(5-6-16-21)18-12(22)7-24-15-20-19-14(23-15)13-9(3)17-10(4)25-13/h5-6,8H,7H2,1-4H3,(H,18,22). The van der Waals surface area contributed by atoms with E-state index in [4.69, 9.17) is 4.42 Å². The molecule has 25 heavy (non-hydrogen) atoms. The predicted molar refractivity (Wildman–Crippen MR) is 96.8 cm³/mol. The molecule has 0 unspecified atom stereocenters. The molecule has 10 heteroatoms. The zero-order chi connectivity index (χ0) is 18.0. The second kappa shape index (κ2) is 7.36. The molecule has 132 valence electrons. The maximum atomic E-state index is 12.1. The lowest BCUT2D eigenvalue weighted by molar-refractivity contribution is -0.113. The van der Waals surface area contributed by atoms with Gasteiger partial charge in [0.15, 0.2) is 0 Å². The Bertz CT molecular complexity index is 882. The molecular weight excluding hydrogens is 360 g/mol. The number of nitrogens with one attached hydrogen (secondary N) is 1. The third-order valence-corrected chi connectivity index (χ3v) is 5.14. The molecule has 0 aliphatic heterocycles. The summed E-state index contributed by atoms with van der Waals surface area (Å²) < 4.78 is 7.38. The zero-order valence-electron chi connectivity index (χ0n) is 14.3. The summed E-state index contributed by atoms with van der Waals surface area (Å²) in [6, 6.07) is 1.94. The lowest BCUT2D eigenvalue weighted by Crippen LogP contribution is -2.18. The van der Waals surface area contributed by atoms with E-state index in [1.165, 1.54) is 23.1 Å². The average Bonchev–Trinajstić information content (AvgIpc) is 3.25. The van der Waals surface area contributed by atoms with Gasteiger partial charge in [-0.3, -0.25) is 4.79 Å². The van der Waals surface area contributed by atoms with E-state index < -0.39 is 0 Å². The minimum absolute atomic E-state index is 0.156. The van der Waals surface area contributed by atoms with Crippen LogP contribution >= 0.6 is 23.1 Å². The number of hydrogen-bond donors (Lipinski definition) is 1. The molecule has 3 aromatic heterocycles. The lowest BCUT2D eigenvalue weighted by atomic mass is 10.4. The highest BCUT2D eigenvalue weighted by atomic mass is 32.2. The lowest BCUT2D eigenvalue weighted by Gasteiger charge is -2.11. The number of carbonyl (C=O) groups is 1. The van der Waals surface area contributed by atoms with E-state index in [2.05, 4.69) is 25.6 Å². The van der Waals surface area contributed by atoms with Gasteiger partial charge >= 0.3 is 0 Å². The van der Waals surface area contributed by atoms with Crippen molar-refractivity contribution in [2.24, 2.45) is 0 Å². The fourth-order valence-corrected chi connectivity index (χ4v) is 3.62. The Kier molecular flexibility index (Phi) is 5.19. The topological polar surface area (TPSA) is 98.7 Å². The van der Waals surface area contributed by atoms with Crippen LogP contribution in [0.1, 0.15) is 30.6 Å². The normalized spacial score (nSPS) is 11.2. The third-order valence-electron chi connectivity index (χ3n) is 3.26. The van der Waals surface area contributed by atoms with Crippen molar-refractivity contribution in [2.45, 2.75) is 39.0 Å². The summed E-state index contributed by atoms with van der Waals surface area (Å²) in [5.74, 6) is 1.12. The largest absolute Gasteiger partial charge is 0.410 e. The summed E-state index contributed by atoms with van der Waals surface area (Å²) in [5, 5.41) is 16.3. The van der Waals surface area contributed by atoms with Crippen LogP contribution in [0, 0.1) is 13.8 Å². The Labute approximate surface area is 153 Å². The third kappa shape index (κ3) is 4.07. The number of hydrogen-bond acceptors (Lipinski definition) is 8. The maximum absolute atomic E-state index is 12.1. The van der Waals surface area contributed by atoms with Gasteiger partial charge in [0, 0.05) is 12.1 Å². The summed E-state index contributed by atoms with van der Waals surface area (Å²) in [4.78, 5) is 17.3. The van der Waals surface area contributed by atoms with E-state index in [0.29, 0.717) is 16.9 Å². The number of thiazole rings is 1. The molecule has 8 nitrogen and oxygen atoms in total. The Morgan fingerprint density at radius 1 is 1.40 bits per heavy atom. The van der Waals surface area contributed by atoms with Gasteiger partial charge in [-0.2, -0.15) is 5.10 Å². The molecule has 1 N–H and O–H groups in total. The molecule has 0 spiro atoms. The summed E-state index contributed by atoms with van der Waals surface area (Å²) in [7, 11) is 0. The SMILES string of the molecule is Cc1nc(C)c(-c2nnc(SCC(=O)Nc3ccnn3C(C)C)o2)s1. The summed E-state index contributed by atoms with van der Waals surface area (Å²) in [5.41, 5.74) is 0.863. The second-order valence-electron chi connectivity index (χ2n) is 5.61. The van der Waals surface area contributed by atoms with Crippen molar-refractivity contribution in [2.75, 3.05) is 11.1 Å². The fourth-order valence-electron chi connectivity index (χ4n) is 2.22. The van der Waals surface area contributed by atoms with Gasteiger partial charge in [0.1, 0.15) is 10.7 Å². The van der Waals surface area contributed by atoms with Crippen molar-refractivity contribution in [3.8, 4) is 10.8 Å². The van der Waals surface area contributed by atoms with Gasteiger partial charge in [-0.1, -0.05) is 11.8 Å². The van der Waals surface area contributed by atoms with E-state index in [1.807, 2.05) is 27.7 Å². The quantitative estimate of drug-likeness (QED) is 0.657. The van der Waals surface area contributed by atoms with Crippen LogP contribution in [0.15, 0.2) is 21.9 Å². The molecular formula is C15H18N6O2S2. The first-order chi connectivity index (χ1) is 11.9. The monoisotopic (exact) mass is 378 g/mol. The molecule has 0 radical (unpaired) electrons. The molecule has 0 saturated carbocycles. The van der Waals surface area contributed by atoms with E-state index in [1.54, 1.807) is 16.9 Å². The van der Waals surface area contributed by atoms with Gasteiger partial charge in [0.2, 0.25) is 5.91 Å². The van der Waals surface area contributed by atoms with Crippen molar-refractivity contribution in [3.63, 3.8) is 0 Å². The Balaban J connectivity index is 1.59. The summed E-state index contributed by atoms with van der Waals surface area (Å²) >= 11 is 2.70. The first kappa shape index (κ1) is 17.6. The highest BCUT2D eigenvalue weighted by Crippen LogP contribution is 2.30. The van der Waals surface area contributed by atoms with Crippen molar-refractivity contribution in [3.05, 3.63) is 23.0 Å². The number of anilines is 1. The highest BCUT2D eigenvalue weighted by Gasteiger charge is 2.16. The van der Waals surface area contributed by atoms with Crippen LogP contribution in [0.3, 0.4) is 0 Å². The van der Waals surface area contributed by atoms with Crippen LogP contribution in [-0.4, -0.2) is 36.6 Å². The van der Waals surface area contributed by atoms with Crippen molar-refractivity contribution in [1.29, 1.82) is 0 Å². The summed E-state index contributed by atoms with van der Waals surface area (Å²) in [6.07, 6.45) is 1.66. The fraction of sp³-hybridized carbons (Fsp3) is 0.400. The number of carbonyl (C=O) groups excluding carboxylic acids is 1. The van der Waals surface area contributed by atoms with Gasteiger partial charge in [-0.15, -0.1) is 21.5 Å². The molecule has 0 aromatic carbocycles. The van der Waals surface area contributed by atoms with Crippen LogP contribution in [0.4, 0.5) is 5.82 Å². The molecule has 3 rings (SSSR count). The van der Waals surface area contributed by atoms with Crippen LogP contribution < -0.4 is 5.32 Å². The van der Waals surface area contributed by atoms with Gasteiger partial charge in [0.05, 0.1) is 22.7 Å². The molecule has 3 heterocycles. The van der Waals surface area contributed by atoms with E-state index in [-0.39, 0.29) is 17.7 Å². The van der Waals surface area contributed by atoms with Gasteiger partial charge < -0.3 is 9.73 Å². The molecule has 0 atom stereocenters. The summed E-state index contributed by atoms with van der Waals surface area (Å²) in [6.45, 7) is 7.83. The van der Waals surface area contributed by atoms with E-state index >= 15 is 0 Å². The molecule has 1 amide bonds. The van der Waals surface area contributed by atoms with Crippen LogP contribution in [-0.2, 0) is 4.79 Å².